The van der Waals surface area contributed by atoms with Gasteiger partial charge in [-0.1, -0.05) is 6.07 Å². The van der Waals surface area contributed by atoms with Crippen LogP contribution in [-0.2, 0) is 11.8 Å². The Labute approximate surface area is 113 Å². The minimum absolute atomic E-state index is 0.0323. The lowest BCUT2D eigenvalue weighted by molar-refractivity contribution is -0.142. The molecule has 2 N–H and O–H groups in total. The van der Waals surface area contributed by atoms with Crippen molar-refractivity contribution in [3.05, 3.63) is 35.1 Å². The maximum Gasteiger partial charge on any atom is 0.416 e. The summed E-state index contributed by atoms with van der Waals surface area (Å²) in [5.41, 5.74) is -2.80. The molecule has 1 aromatic carbocycles. The normalized spacial score (nSPS) is 33.5. The van der Waals surface area contributed by atoms with Gasteiger partial charge in [-0.3, -0.25) is 0 Å². The highest BCUT2D eigenvalue weighted by atomic mass is 19.4. The number of fused-ring (bicyclic) bond motifs is 2. The Hall–Kier alpha value is -1.14. The van der Waals surface area contributed by atoms with Crippen LogP contribution in [-0.4, -0.2) is 17.2 Å². The van der Waals surface area contributed by atoms with Crippen LogP contribution in [0, 0.1) is 5.82 Å². The Bertz CT molecular complexity index is 516. The van der Waals surface area contributed by atoms with Gasteiger partial charge in [0.15, 0.2) is 0 Å². The summed E-state index contributed by atoms with van der Waals surface area (Å²) in [6.07, 6.45) is -2.49. The highest BCUT2D eigenvalue weighted by Gasteiger charge is 2.47. The van der Waals surface area contributed by atoms with Gasteiger partial charge < -0.3 is 10.4 Å². The fourth-order valence-corrected chi connectivity index (χ4v) is 3.50. The summed E-state index contributed by atoms with van der Waals surface area (Å²) < 4.78 is 52.4. The van der Waals surface area contributed by atoms with Crippen molar-refractivity contribution in [3.8, 4) is 0 Å². The van der Waals surface area contributed by atoms with E-state index in [1.807, 2.05) is 0 Å². The highest BCUT2D eigenvalue weighted by molar-refractivity contribution is 5.36. The average molecular weight is 289 g/mol. The number of aliphatic hydroxyl groups is 1. The summed E-state index contributed by atoms with van der Waals surface area (Å²) in [5.74, 6) is -0.943. The van der Waals surface area contributed by atoms with E-state index in [1.165, 1.54) is 0 Å². The van der Waals surface area contributed by atoms with E-state index in [-0.39, 0.29) is 30.5 Å². The molecule has 0 saturated carbocycles. The smallest absolute Gasteiger partial charge is 0.385 e. The predicted octanol–water partition coefficient (Wildman–Crippen LogP) is 2.95. The molecule has 2 heterocycles. The van der Waals surface area contributed by atoms with Gasteiger partial charge in [-0.2, -0.15) is 13.2 Å². The van der Waals surface area contributed by atoms with Gasteiger partial charge in [-0.15, -0.1) is 0 Å². The molecule has 0 amide bonds. The van der Waals surface area contributed by atoms with Crippen LogP contribution >= 0.6 is 0 Å². The average Bonchev–Trinajstić information content (AvgIpc) is 2.68. The van der Waals surface area contributed by atoms with E-state index in [0.717, 1.165) is 25.0 Å². The summed E-state index contributed by atoms with van der Waals surface area (Å²) in [6, 6.07) is 2.59. The molecule has 20 heavy (non-hydrogen) atoms. The lowest BCUT2D eigenvalue weighted by atomic mass is 9.79. The molecule has 0 aromatic heterocycles. The standard InChI is InChI=1S/C14H15F4NO/c15-8-1-4-11(12(5-8)14(16,17)18)13(20)6-9-2-3-10(7-13)19-9/h1,4-5,9-10,19-20H,2-3,6-7H2. The maximum atomic E-state index is 13.1. The predicted molar refractivity (Wildman–Crippen MR) is 64.5 cm³/mol. The monoisotopic (exact) mass is 289 g/mol. The largest absolute Gasteiger partial charge is 0.416 e. The summed E-state index contributed by atoms with van der Waals surface area (Å²) in [6.45, 7) is 0. The van der Waals surface area contributed by atoms with Crippen molar-refractivity contribution in [1.82, 2.24) is 5.32 Å². The molecular weight excluding hydrogens is 274 g/mol. The fraction of sp³-hybridized carbons (Fsp3) is 0.571. The van der Waals surface area contributed by atoms with Crippen molar-refractivity contribution in [2.45, 2.75) is 49.5 Å². The number of hydrogen-bond acceptors (Lipinski definition) is 2. The second kappa shape index (κ2) is 4.43. The van der Waals surface area contributed by atoms with Gasteiger partial charge in [0, 0.05) is 12.1 Å². The zero-order chi connectivity index (χ0) is 14.5. The molecule has 2 bridgehead atoms. The van der Waals surface area contributed by atoms with Gasteiger partial charge >= 0.3 is 6.18 Å². The number of nitrogens with one attached hydrogen (secondary N) is 1. The Morgan fingerprint density at radius 3 is 2.30 bits per heavy atom. The first-order chi connectivity index (χ1) is 9.28. The quantitative estimate of drug-likeness (QED) is 0.779. The number of alkyl halides is 3. The van der Waals surface area contributed by atoms with Gasteiger partial charge in [0.25, 0.3) is 0 Å². The Morgan fingerprint density at radius 1 is 1.15 bits per heavy atom. The van der Waals surface area contributed by atoms with E-state index in [0.29, 0.717) is 6.07 Å². The zero-order valence-corrected chi connectivity index (χ0v) is 10.7. The van der Waals surface area contributed by atoms with Crippen LogP contribution in [0.15, 0.2) is 18.2 Å². The number of halogens is 4. The van der Waals surface area contributed by atoms with Crippen molar-refractivity contribution in [3.63, 3.8) is 0 Å². The van der Waals surface area contributed by atoms with Gasteiger partial charge in [0.05, 0.1) is 11.2 Å². The van der Waals surface area contributed by atoms with Crippen molar-refractivity contribution >= 4 is 0 Å². The summed E-state index contributed by atoms with van der Waals surface area (Å²) >= 11 is 0. The third-order valence-electron chi connectivity index (χ3n) is 4.29. The van der Waals surface area contributed by atoms with Crippen molar-refractivity contribution in [2.75, 3.05) is 0 Å². The van der Waals surface area contributed by atoms with E-state index in [4.69, 9.17) is 0 Å². The third-order valence-corrected chi connectivity index (χ3v) is 4.29. The molecule has 2 aliphatic rings. The number of piperidine rings is 1. The number of benzene rings is 1. The van der Waals surface area contributed by atoms with E-state index in [1.54, 1.807) is 0 Å². The van der Waals surface area contributed by atoms with E-state index in [9.17, 15) is 22.7 Å². The molecule has 2 atom stereocenters. The Kier molecular flexibility index (Phi) is 3.06. The highest BCUT2D eigenvalue weighted by Crippen LogP contribution is 2.45. The molecule has 0 spiro atoms. The molecule has 2 unspecified atom stereocenters. The lowest BCUT2D eigenvalue weighted by Gasteiger charge is -2.38. The minimum Gasteiger partial charge on any atom is -0.385 e. The molecule has 2 saturated heterocycles. The van der Waals surface area contributed by atoms with E-state index >= 15 is 0 Å². The second-order valence-corrected chi connectivity index (χ2v) is 5.77. The Morgan fingerprint density at radius 2 is 1.75 bits per heavy atom. The van der Waals surface area contributed by atoms with Gasteiger partial charge in [-0.25, -0.2) is 4.39 Å². The molecule has 2 aliphatic heterocycles. The first-order valence-electron chi connectivity index (χ1n) is 6.64. The Balaban J connectivity index is 2.05. The van der Waals surface area contributed by atoms with Crippen molar-refractivity contribution < 1.29 is 22.7 Å². The molecule has 2 nitrogen and oxygen atoms in total. The van der Waals surface area contributed by atoms with E-state index in [2.05, 4.69) is 5.32 Å². The summed E-state index contributed by atoms with van der Waals surface area (Å²) in [4.78, 5) is 0. The van der Waals surface area contributed by atoms with Crippen LogP contribution in [0.1, 0.15) is 36.8 Å². The molecule has 0 radical (unpaired) electrons. The molecule has 6 heteroatoms. The zero-order valence-electron chi connectivity index (χ0n) is 10.7. The molecule has 110 valence electrons. The minimum atomic E-state index is -4.67. The molecular formula is C14H15F4NO. The topological polar surface area (TPSA) is 32.3 Å². The number of hydrogen-bond donors (Lipinski definition) is 2. The van der Waals surface area contributed by atoms with Crippen LogP contribution in [0.2, 0.25) is 0 Å². The fourth-order valence-electron chi connectivity index (χ4n) is 3.50. The van der Waals surface area contributed by atoms with Gasteiger partial charge in [-0.05, 0) is 43.4 Å². The maximum absolute atomic E-state index is 13.1. The van der Waals surface area contributed by atoms with Crippen LogP contribution < -0.4 is 5.32 Å². The van der Waals surface area contributed by atoms with Crippen LogP contribution in [0.25, 0.3) is 0 Å². The van der Waals surface area contributed by atoms with Gasteiger partial charge in [0.1, 0.15) is 5.82 Å². The third kappa shape index (κ3) is 2.31. The van der Waals surface area contributed by atoms with Crippen molar-refractivity contribution in [2.24, 2.45) is 0 Å². The van der Waals surface area contributed by atoms with E-state index < -0.39 is 23.2 Å². The van der Waals surface area contributed by atoms with Crippen molar-refractivity contribution in [1.29, 1.82) is 0 Å². The van der Waals surface area contributed by atoms with Gasteiger partial charge in [0.2, 0.25) is 0 Å². The molecule has 0 aliphatic carbocycles. The van der Waals surface area contributed by atoms with Crippen LogP contribution in [0.5, 0.6) is 0 Å². The van der Waals surface area contributed by atoms with Crippen LogP contribution in [0.3, 0.4) is 0 Å². The molecule has 2 fully saturated rings. The molecule has 3 rings (SSSR count). The molecule has 1 aromatic rings. The first kappa shape index (κ1) is 13.8. The van der Waals surface area contributed by atoms with Crippen LogP contribution in [0.4, 0.5) is 17.6 Å². The SMILES string of the molecule is OC1(c2ccc(F)cc2C(F)(F)F)CC2CCC(C1)N2. The summed E-state index contributed by atoms with van der Waals surface area (Å²) in [5, 5.41) is 14.0. The summed E-state index contributed by atoms with van der Waals surface area (Å²) in [7, 11) is 0. The number of rotatable bonds is 1. The lowest BCUT2D eigenvalue weighted by Crippen LogP contribution is -2.47. The second-order valence-electron chi connectivity index (χ2n) is 5.77. The first-order valence-corrected chi connectivity index (χ1v) is 6.64.